The monoisotopic (exact) mass is 260 g/mol. The highest BCUT2D eigenvalue weighted by atomic mass is 32.1. The molecule has 2 nitrogen and oxygen atoms in total. The summed E-state index contributed by atoms with van der Waals surface area (Å²) < 4.78 is 5.65. The number of benzene rings is 1. The van der Waals surface area contributed by atoms with Gasteiger partial charge in [0.15, 0.2) is 0 Å². The van der Waals surface area contributed by atoms with Crippen LogP contribution in [0.15, 0.2) is 41.1 Å². The van der Waals surface area contributed by atoms with Crippen molar-refractivity contribution in [3.8, 4) is 5.75 Å². The zero-order chi connectivity index (χ0) is 12.4. The average molecular weight is 260 g/mol. The van der Waals surface area contributed by atoms with Crippen molar-refractivity contribution in [1.82, 2.24) is 0 Å². The average Bonchev–Trinajstić information content (AvgIpc) is 2.93. The minimum atomic E-state index is -0.368. The molecule has 0 radical (unpaired) electrons. The first-order valence-corrected chi connectivity index (χ1v) is 7.21. The molecule has 0 spiro atoms. The Bertz CT molecular complexity index is 507. The smallest absolute Gasteiger partial charge is 0.122 e. The summed E-state index contributed by atoms with van der Waals surface area (Å²) in [5.41, 5.74) is 2.27. The minimum Gasteiger partial charge on any atom is -0.493 e. The third-order valence-electron chi connectivity index (χ3n) is 3.52. The normalized spacial score (nSPS) is 19.9. The molecule has 2 aromatic rings. The fourth-order valence-corrected chi connectivity index (χ4v) is 3.24. The molecule has 2 atom stereocenters. The zero-order valence-corrected chi connectivity index (χ0v) is 10.9. The zero-order valence-electron chi connectivity index (χ0n) is 10.1. The van der Waals surface area contributed by atoms with E-state index in [-0.39, 0.29) is 6.10 Å². The van der Waals surface area contributed by atoms with E-state index in [9.17, 15) is 5.11 Å². The van der Waals surface area contributed by atoms with E-state index >= 15 is 0 Å². The molecule has 18 heavy (non-hydrogen) atoms. The van der Waals surface area contributed by atoms with Crippen LogP contribution < -0.4 is 4.74 Å². The summed E-state index contributed by atoms with van der Waals surface area (Å²) in [6.07, 6.45) is 1.39. The first-order chi connectivity index (χ1) is 8.84. The SMILES string of the molecule is OC(CC1CCOc2ccccc21)c1ccsc1. The minimum absolute atomic E-state index is 0.368. The maximum Gasteiger partial charge on any atom is 0.122 e. The van der Waals surface area contributed by atoms with Crippen LogP contribution in [-0.2, 0) is 0 Å². The largest absolute Gasteiger partial charge is 0.493 e. The maximum atomic E-state index is 10.3. The van der Waals surface area contributed by atoms with Gasteiger partial charge in [0.1, 0.15) is 5.75 Å². The number of aliphatic hydroxyl groups excluding tert-OH is 1. The van der Waals surface area contributed by atoms with E-state index in [0.717, 1.165) is 30.8 Å². The molecular formula is C15H16O2S. The summed E-state index contributed by atoms with van der Waals surface area (Å²) >= 11 is 1.63. The second-order valence-electron chi connectivity index (χ2n) is 4.68. The van der Waals surface area contributed by atoms with Gasteiger partial charge < -0.3 is 9.84 Å². The van der Waals surface area contributed by atoms with Crippen LogP contribution in [0.2, 0.25) is 0 Å². The standard InChI is InChI=1S/C15H16O2S/c16-14(12-6-8-18-10-12)9-11-5-7-17-15-4-2-1-3-13(11)15/h1-4,6,8,10-11,14,16H,5,7,9H2. The van der Waals surface area contributed by atoms with E-state index in [1.807, 2.05) is 35.0 Å². The van der Waals surface area contributed by atoms with E-state index in [4.69, 9.17) is 4.74 Å². The van der Waals surface area contributed by atoms with Crippen LogP contribution in [0.1, 0.15) is 36.0 Å². The van der Waals surface area contributed by atoms with Gasteiger partial charge in [-0.05, 0) is 52.8 Å². The van der Waals surface area contributed by atoms with Gasteiger partial charge in [-0.2, -0.15) is 11.3 Å². The third kappa shape index (κ3) is 2.28. The van der Waals surface area contributed by atoms with Crippen LogP contribution in [0, 0.1) is 0 Å². The van der Waals surface area contributed by atoms with Gasteiger partial charge in [0.25, 0.3) is 0 Å². The highest BCUT2D eigenvalue weighted by Gasteiger charge is 2.24. The molecule has 94 valence electrons. The molecule has 0 fully saturated rings. The molecule has 1 aliphatic rings. The molecule has 1 aromatic carbocycles. The summed E-state index contributed by atoms with van der Waals surface area (Å²) in [5.74, 6) is 1.37. The Morgan fingerprint density at radius 1 is 1.33 bits per heavy atom. The van der Waals surface area contributed by atoms with Gasteiger partial charge >= 0.3 is 0 Å². The van der Waals surface area contributed by atoms with Crippen LogP contribution in [0.4, 0.5) is 0 Å². The molecule has 1 N–H and O–H groups in total. The summed E-state index contributed by atoms with van der Waals surface area (Å²) in [6, 6.07) is 10.2. The Morgan fingerprint density at radius 2 is 2.22 bits per heavy atom. The van der Waals surface area contributed by atoms with Crippen LogP contribution >= 0.6 is 11.3 Å². The van der Waals surface area contributed by atoms with Crippen LogP contribution in [-0.4, -0.2) is 11.7 Å². The lowest BCUT2D eigenvalue weighted by Crippen LogP contribution is -2.16. The van der Waals surface area contributed by atoms with Crippen molar-refractivity contribution >= 4 is 11.3 Å². The lowest BCUT2D eigenvalue weighted by atomic mass is 9.87. The van der Waals surface area contributed by atoms with Gasteiger partial charge in [-0.15, -0.1) is 0 Å². The number of para-hydroxylation sites is 1. The van der Waals surface area contributed by atoms with Crippen LogP contribution in [0.25, 0.3) is 0 Å². The molecule has 0 saturated carbocycles. The molecule has 3 rings (SSSR count). The molecule has 0 saturated heterocycles. The van der Waals surface area contributed by atoms with Crippen LogP contribution in [0.5, 0.6) is 5.75 Å². The van der Waals surface area contributed by atoms with Crippen molar-refractivity contribution < 1.29 is 9.84 Å². The number of fused-ring (bicyclic) bond motifs is 1. The molecule has 2 unspecified atom stereocenters. The summed E-state index contributed by atoms with van der Waals surface area (Å²) in [7, 11) is 0. The summed E-state index contributed by atoms with van der Waals surface area (Å²) in [6.45, 7) is 0.748. The predicted molar refractivity (Wildman–Crippen MR) is 73.2 cm³/mol. The molecule has 1 aromatic heterocycles. The molecule has 2 heterocycles. The summed E-state index contributed by atoms with van der Waals surface area (Å²) in [4.78, 5) is 0. The Labute approximate surface area is 111 Å². The van der Waals surface area contributed by atoms with Gasteiger partial charge in [0, 0.05) is 0 Å². The van der Waals surface area contributed by atoms with Crippen molar-refractivity contribution in [1.29, 1.82) is 0 Å². The van der Waals surface area contributed by atoms with Crippen molar-refractivity contribution in [3.05, 3.63) is 52.2 Å². The van der Waals surface area contributed by atoms with Gasteiger partial charge in [-0.1, -0.05) is 18.2 Å². The highest BCUT2D eigenvalue weighted by molar-refractivity contribution is 7.07. The van der Waals surface area contributed by atoms with Gasteiger partial charge in [-0.3, -0.25) is 0 Å². The Hall–Kier alpha value is -1.32. The maximum absolute atomic E-state index is 10.3. The summed E-state index contributed by atoms with van der Waals surface area (Å²) in [5, 5.41) is 14.3. The quantitative estimate of drug-likeness (QED) is 0.911. The molecule has 0 bridgehead atoms. The first-order valence-electron chi connectivity index (χ1n) is 6.26. The van der Waals surface area contributed by atoms with Crippen molar-refractivity contribution in [2.45, 2.75) is 24.9 Å². The van der Waals surface area contributed by atoms with Crippen molar-refractivity contribution in [3.63, 3.8) is 0 Å². The fourth-order valence-electron chi connectivity index (χ4n) is 2.53. The topological polar surface area (TPSA) is 29.5 Å². The van der Waals surface area contributed by atoms with E-state index < -0.39 is 0 Å². The molecule has 0 amide bonds. The van der Waals surface area contributed by atoms with Gasteiger partial charge in [-0.25, -0.2) is 0 Å². The molecule has 0 aliphatic carbocycles. The van der Waals surface area contributed by atoms with Crippen molar-refractivity contribution in [2.24, 2.45) is 0 Å². The lowest BCUT2D eigenvalue weighted by molar-refractivity contribution is 0.145. The molecule has 1 aliphatic heterocycles. The number of hydrogen-bond acceptors (Lipinski definition) is 3. The second-order valence-corrected chi connectivity index (χ2v) is 5.46. The van der Waals surface area contributed by atoms with Crippen LogP contribution in [0.3, 0.4) is 0 Å². The van der Waals surface area contributed by atoms with E-state index in [0.29, 0.717) is 5.92 Å². The Kier molecular flexibility index (Phi) is 3.35. The number of hydrogen-bond donors (Lipinski definition) is 1. The Morgan fingerprint density at radius 3 is 3.06 bits per heavy atom. The molecule has 3 heteroatoms. The highest BCUT2D eigenvalue weighted by Crippen LogP contribution is 2.38. The number of aliphatic hydroxyl groups is 1. The Balaban J connectivity index is 1.78. The third-order valence-corrected chi connectivity index (χ3v) is 4.22. The van der Waals surface area contributed by atoms with Gasteiger partial charge in [0.2, 0.25) is 0 Å². The predicted octanol–water partition coefficient (Wildman–Crippen LogP) is 3.74. The fraction of sp³-hybridized carbons (Fsp3) is 0.333. The number of ether oxygens (including phenoxy) is 1. The van der Waals surface area contributed by atoms with E-state index in [1.165, 1.54) is 5.56 Å². The first kappa shape index (κ1) is 11.8. The van der Waals surface area contributed by atoms with Gasteiger partial charge in [0.05, 0.1) is 12.7 Å². The van der Waals surface area contributed by atoms with E-state index in [2.05, 4.69) is 6.07 Å². The van der Waals surface area contributed by atoms with Crippen molar-refractivity contribution in [2.75, 3.05) is 6.61 Å². The lowest BCUT2D eigenvalue weighted by Gasteiger charge is -2.27. The van der Waals surface area contributed by atoms with E-state index in [1.54, 1.807) is 11.3 Å². The number of rotatable bonds is 3. The second kappa shape index (κ2) is 5.12. The molecular weight excluding hydrogens is 244 g/mol. The number of thiophene rings is 1.